The highest BCUT2D eigenvalue weighted by Crippen LogP contribution is 2.40. The molecule has 1 aliphatic heterocycles. The summed E-state index contributed by atoms with van der Waals surface area (Å²) in [5.74, 6) is -2.16. The van der Waals surface area contributed by atoms with Crippen LogP contribution in [0.2, 0.25) is 0 Å². The molecule has 5 nitrogen and oxygen atoms in total. The molecule has 27 heavy (non-hydrogen) atoms. The van der Waals surface area contributed by atoms with Crippen molar-refractivity contribution in [2.75, 3.05) is 31.3 Å². The number of likely N-dealkylation sites (N-methyl/N-ethyl adjacent to an activating group) is 1. The molecule has 2 aromatic rings. The van der Waals surface area contributed by atoms with Crippen molar-refractivity contribution in [3.8, 4) is 0 Å². The molecule has 1 unspecified atom stereocenters. The van der Waals surface area contributed by atoms with Gasteiger partial charge in [0.25, 0.3) is 0 Å². The van der Waals surface area contributed by atoms with E-state index in [0.717, 1.165) is 23.8 Å². The molecule has 2 amide bonds. The zero-order chi connectivity index (χ0) is 19.7. The lowest BCUT2D eigenvalue weighted by molar-refractivity contribution is -0.117. The van der Waals surface area contributed by atoms with Gasteiger partial charge in [0, 0.05) is 23.7 Å². The summed E-state index contributed by atoms with van der Waals surface area (Å²) >= 11 is 0. The Bertz CT molecular complexity index is 912. The summed E-state index contributed by atoms with van der Waals surface area (Å²) in [4.78, 5) is 25.9. The SMILES string of the molecule is Cc1cc2c(cc1NC(=O)CN(C)C)NC(=O)CC2c1cc(F)ccc1F. The number of hydrogen-bond donors (Lipinski definition) is 2. The van der Waals surface area contributed by atoms with Crippen molar-refractivity contribution >= 4 is 23.2 Å². The van der Waals surface area contributed by atoms with E-state index in [0.29, 0.717) is 16.9 Å². The van der Waals surface area contributed by atoms with E-state index in [1.165, 1.54) is 0 Å². The summed E-state index contributed by atoms with van der Waals surface area (Å²) in [5.41, 5.74) is 2.68. The van der Waals surface area contributed by atoms with Gasteiger partial charge in [0.05, 0.1) is 6.54 Å². The Labute approximate surface area is 156 Å². The quantitative estimate of drug-likeness (QED) is 0.865. The summed E-state index contributed by atoms with van der Waals surface area (Å²) in [6, 6.07) is 6.72. The Morgan fingerprint density at radius 3 is 2.67 bits per heavy atom. The molecule has 3 rings (SSSR count). The highest BCUT2D eigenvalue weighted by molar-refractivity contribution is 5.98. The lowest BCUT2D eigenvalue weighted by Gasteiger charge is -2.28. The van der Waals surface area contributed by atoms with Gasteiger partial charge in [0.2, 0.25) is 11.8 Å². The predicted molar refractivity (Wildman–Crippen MR) is 99.8 cm³/mol. The highest BCUT2D eigenvalue weighted by Gasteiger charge is 2.29. The molecule has 1 atom stereocenters. The van der Waals surface area contributed by atoms with Crippen LogP contribution in [0, 0.1) is 18.6 Å². The van der Waals surface area contributed by atoms with E-state index in [9.17, 15) is 18.4 Å². The number of fused-ring (bicyclic) bond motifs is 1. The maximum atomic E-state index is 14.3. The van der Waals surface area contributed by atoms with E-state index in [2.05, 4.69) is 10.6 Å². The Balaban J connectivity index is 2.00. The summed E-state index contributed by atoms with van der Waals surface area (Å²) in [7, 11) is 3.58. The number of anilines is 2. The van der Waals surface area contributed by atoms with E-state index in [4.69, 9.17) is 0 Å². The molecule has 0 aliphatic carbocycles. The van der Waals surface area contributed by atoms with Gasteiger partial charge in [-0.15, -0.1) is 0 Å². The summed E-state index contributed by atoms with van der Waals surface area (Å²) in [5, 5.41) is 5.57. The average molecular weight is 373 g/mol. The normalized spacial score (nSPS) is 16.1. The first kappa shape index (κ1) is 19.0. The number of halogens is 2. The van der Waals surface area contributed by atoms with Gasteiger partial charge in [0.1, 0.15) is 11.6 Å². The predicted octanol–water partition coefficient (Wildman–Crippen LogP) is 3.25. The molecular weight excluding hydrogens is 352 g/mol. The second kappa shape index (κ2) is 7.44. The number of hydrogen-bond acceptors (Lipinski definition) is 3. The Kier molecular flexibility index (Phi) is 5.23. The lowest BCUT2D eigenvalue weighted by atomic mass is 9.83. The van der Waals surface area contributed by atoms with E-state index in [1.54, 1.807) is 31.1 Å². The molecule has 7 heteroatoms. The summed E-state index contributed by atoms with van der Waals surface area (Å²) in [6.07, 6.45) is 0.0269. The average Bonchev–Trinajstić information content (AvgIpc) is 2.57. The first-order valence-corrected chi connectivity index (χ1v) is 8.58. The van der Waals surface area contributed by atoms with Crippen LogP contribution in [0.4, 0.5) is 20.2 Å². The smallest absolute Gasteiger partial charge is 0.238 e. The van der Waals surface area contributed by atoms with Gasteiger partial charge in [-0.2, -0.15) is 0 Å². The largest absolute Gasteiger partial charge is 0.326 e. The number of carbonyl (C=O) groups excluding carboxylic acids is 2. The minimum absolute atomic E-state index is 0.0269. The number of nitrogens with zero attached hydrogens (tertiary/aromatic N) is 1. The third-order valence-corrected chi connectivity index (χ3v) is 4.50. The number of nitrogens with one attached hydrogen (secondary N) is 2. The van der Waals surface area contributed by atoms with Crippen molar-refractivity contribution in [2.24, 2.45) is 0 Å². The van der Waals surface area contributed by atoms with Crippen molar-refractivity contribution in [1.29, 1.82) is 0 Å². The molecule has 0 aromatic heterocycles. The topological polar surface area (TPSA) is 61.4 Å². The molecule has 0 fully saturated rings. The lowest BCUT2D eigenvalue weighted by Crippen LogP contribution is -2.28. The minimum Gasteiger partial charge on any atom is -0.326 e. The Morgan fingerprint density at radius 2 is 1.96 bits per heavy atom. The molecule has 2 aromatic carbocycles. The van der Waals surface area contributed by atoms with E-state index in [1.807, 2.05) is 6.92 Å². The van der Waals surface area contributed by atoms with Gasteiger partial charge in [-0.05, 0) is 62.0 Å². The van der Waals surface area contributed by atoms with Crippen molar-refractivity contribution < 1.29 is 18.4 Å². The zero-order valence-corrected chi connectivity index (χ0v) is 15.4. The number of rotatable bonds is 4. The number of aryl methyl sites for hydroxylation is 1. The van der Waals surface area contributed by atoms with Crippen LogP contribution >= 0.6 is 0 Å². The first-order valence-electron chi connectivity index (χ1n) is 8.58. The summed E-state index contributed by atoms with van der Waals surface area (Å²) < 4.78 is 27.9. The van der Waals surface area contributed by atoms with Crippen molar-refractivity contribution in [1.82, 2.24) is 4.90 Å². The molecule has 1 aliphatic rings. The van der Waals surface area contributed by atoms with E-state index < -0.39 is 17.6 Å². The molecule has 142 valence electrons. The third kappa shape index (κ3) is 4.14. The maximum absolute atomic E-state index is 14.3. The molecular formula is C20H21F2N3O2. The zero-order valence-electron chi connectivity index (χ0n) is 15.4. The minimum atomic E-state index is -0.588. The van der Waals surface area contributed by atoms with Crippen LogP contribution in [0.15, 0.2) is 30.3 Å². The van der Waals surface area contributed by atoms with Crippen molar-refractivity contribution in [3.63, 3.8) is 0 Å². The molecule has 0 radical (unpaired) electrons. The maximum Gasteiger partial charge on any atom is 0.238 e. The van der Waals surface area contributed by atoms with E-state index >= 15 is 0 Å². The fourth-order valence-corrected chi connectivity index (χ4v) is 3.29. The van der Waals surface area contributed by atoms with Gasteiger partial charge in [-0.1, -0.05) is 6.07 Å². The monoisotopic (exact) mass is 373 g/mol. The molecule has 0 saturated carbocycles. The Morgan fingerprint density at radius 1 is 1.22 bits per heavy atom. The number of benzene rings is 2. The molecule has 1 heterocycles. The second-order valence-corrected chi connectivity index (χ2v) is 7.01. The van der Waals surface area contributed by atoms with Crippen LogP contribution in [-0.4, -0.2) is 37.4 Å². The third-order valence-electron chi connectivity index (χ3n) is 4.50. The molecule has 2 N–H and O–H groups in total. The van der Waals surface area contributed by atoms with Crippen LogP contribution in [-0.2, 0) is 9.59 Å². The van der Waals surface area contributed by atoms with E-state index in [-0.39, 0.29) is 30.3 Å². The summed E-state index contributed by atoms with van der Waals surface area (Å²) in [6.45, 7) is 2.04. The van der Waals surface area contributed by atoms with Gasteiger partial charge < -0.3 is 15.5 Å². The number of carbonyl (C=O) groups is 2. The van der Waals surface area contributed by atoms with Gasteiger partial charge in [-0.3, -0.25) is 9.59 Å². The van der Waals surface area contributed by atoms with Crippen LogP contribution in [0.1, 0.15) is 29.0 Å². The van der Waals surface area contributed by atoms with Gasteiger partial charge in [-0.25, -0.2) is 8.78 Å². The standard InChI is InChI=1S/C20H21F2N3O2/c1-11-6-15-13(14-7-12(21)4-5-16(14)22)8-19(26)24-18(15)9-17(11)23-20(27)10-25(2)3/h4-7,9,13H,8,10H2,1-3H3,(H,23,27)(H,24,26). The van der Waals surface area contributed by atoms with Crippen LogP contribution < -0.4 is 10.6 Å². The van der Waals surface area contributed by atoms with Crippen LogP contribution in [0.25, 0.3) is 0 Å². The van der Waals surface area contributed by atoms with Gasteiger partial charge in [0.15, 0.2) is 0 Å². The van der Waals surface area contributed by atoms with Crippen LogP contribution in [0.3, 0.4) is 0 Å². The van der Waals surface area contributed by atoms with Crippen molar-refractivity contribution in [2.45, 2.75) is 19.3 Å². The molecule has 0 saturated heterocycles. The second-order valence-electron chi connectivity index (χ2n) is 7.01. The molecule has 0 bridgehead atoms. The fourth-order valence-electron chi connectivity index (χ4n) is 3.29. The van der Waals surface area contributed by atoms with Crippen LogP contribution in [0.5, 0.6) is 0 Å². The number of amides is 2. The highest BCUT2D eigenvalue weighted by atomic mass is 19.1. The molecule has 0 spiro atoms. The first-order chi connectivity index (χ1) is 12.7. The van der Waals surface area contributed by atoms with Gasteiger partial charge >= 0.3 is 0 Å². The Hall–Kier alpha value is -2.80. The van der Waals surface area contributed by atoms with Crippen molar-refractivity contribution in [3.05, 3.63) is 58.7 Å². The fraction of sp³-hybridized carbons (Fsp3) is 0.300.